The number of thiocarbonyl (C=S) groups is 1. The van der Waals surface area contributed by atoms with Gasteiger partial charge in [-0.2, -0.15) is 0 Å². The topological polar surface area (TPSA) is 33.3 Å². The highest BCUT2D eigenvalue weighted by molar-refractivity contribution is 7.80. The van der Waals surface area contributed by atoms with Gasteiger partial charge in [0.2, 0.25) is 0 Å². The predicted molar refractivity (Wildman–Crippen MR) is 93.5 cm³/mol. The van der Waals surface area contributed by atoms with Crippen LogP contribution in [0.4, 0.5) is 5.69 Å². The van der Waals surface area contributed by atoms with E-state index >= 15 is 0 Å². The Balaban J connectivity index is 1.92. The lowest BCUT2D eigenvalue weighted by molar-refractivity contribution is 0.416. The third-order valence-corrected chi connectivity index (χ3v) is 4.31. The Hall–Kier alpha value is -1.00. The summed E-state index contributed by atoms with van der Waals surface area (Å²) in [5.74, 6) is 0.737. The van der Waals surface area contributed by atoms with E-state index in [1.807, 2.05) is 12.1 Å². The average molecular weight is 327 g/mol. The summed E-state index contributed by atoms with van der Waals surface area (Å²) in [6, 6.07) is 5.93. The molecule has 0 spiro atoms. The highest BCUT2D eigenvalue weighted by Crippen LogP contribution is 2.27. The molecule has 0 bridgehead atoms. The molecule has 1 fully saturated rings. The molecule has 5 heteroatoms. The lowest BCUT2D eigenvalue weighted by Crippen LogP contribution is -2.38. The van der Waals surface area contributed by atoms with Gasteiger partial charge in [0.25, 0.3) is 0 Å². The Morgan fingerprint density at radius 3 is 2.52 bits per heavy atom. The molecule has 0 saturated heterocycles. The van der Waals surface area contributed by atoms with E-state index in [1.165, 1.54) is 44.9 Å². The van der Waals surface area contributed by atoms with E-state index in [-0.39, 0.29) is 0 Å². The van der Waals surface area contributed by atoms with E-state index in [4.69, 9.17) is 28.6 Å². The Morgan fingerprint density at radius 2 is 1.86 bits per heavy atom. The molecule has 116 valence electrons. The van der Waals surface area contributed by atoms with Crippen LogP contribution in [0.2, 0.25) is 5.02 Å². The predicted octanol–water partition coefficient (Wildman–Crippen LogP) is 4.75. The zero-order valence-electron chi connectivity index (χ0n) is 12.5. The number of anilines is 1. The molecular weight excluding hydrogens is 304 g/mol. The first-order chi connectivity index (χ1) is 10.2. The second kappa shape index (κ2) is 8.44. The molecule has 0 aliphatic heterocycles. The van der Waals surface area contributed by atoms with E-state index in [9.17, 15) is 0 Å². The van der Waals surface area contributed by atoms with Crippen molar-refractivity contribution >= 4 is 34.6 Å². The van der Waals surface area contributed by atoms with Crippen LogP contribution in [0.3, 0.4) is 0 Å². The summed E-state index contributed by atoms with van der Waals surface area (Å²) < 4.78 is 5.32. The van der Waals surface area contributed by atoms with Gasteiger partial charge in [-0.1, -0.05) is 43.7 Å². The van der Waals surface area contributed by atoms with E-state index in [0.717, 1.165) is 11.4 Å². The van der Waals surface area contributed by atoms with Crippen molar-refractivity contribution in [2.75, 3.05) is 12.4 Å². The van der Waals surface area contributed by atoms with E-state index < -0.39 is 0 Å². The van der Waals surface area contributed by atoms with Gasteiger partial charge in [-0.3, -0.25) is 0 Å². The van der Waals surface area contributed by atoms with Crippen LogP contribution in [0.25, 0.3) is 0 Å². The first-order valence-electron chi connectivity index (χ1n) is 7.60. The fraction of sp³-hybridized carbons (Fsp3) is 0.562. The molecule has 0 aromatic heterocycles. The molecule has 2 rings (SSSR count). The summed E-state index contributed by atoms with van der Waals surface area (Å²) in [5, 5.41) is 7.92. The minimum absolute atomic E-state index is 0.468. The summed E-state index contributed by atoms with van der Waals surface area (Å²) in [6.45, 7) is 0. The maximum absolute atomic E-state index is 6.03. The van der Waals surface area contributed by atoms with Crippen molar-refractivity contribution in [2.45, 2.75) is 51.0 Å². The number of ether oxygens (including phenoxy) is 1. The van der Waals surface area contributed by atoms with Crippen molar-refractivity contribution < 1.29 is 4.74 Å². The van der Waals surface area contributed by atoms with Crippen LogP contribution in [-0.2, 0) is 0 Å². The monoisotopic (exact) mass is 326 g/mol. The van der Waals surface area contributed by atoms with Crippen LogP contribution in [0.15, 0.2) is 18.2 Å². The lowest BCUT2D eigenvalue weighted by atomic mass is 9.97. The van der Waals surface area contributed by atoms with Gasteiger partial charge in [0, 0.05) is 11.1 Å². The van der Waals surface area contributed by atoms with Crippen molar-refractivity contribution in [1.82, 2.24) is 5.32 Å². The third-order valence-electron chi connectivity index (χ3n) is 3.85. The molecule has 0 radical (unpaired) electrons. The molecule has 0 amide bonds. The van der Waals surface area contributed by atoms with Crippen LogP contribution in [-0.4, -0.2) is 18.3 Å². The quantitative estimate of drug-likeness (QED) is 0.785. The van der Waals surface area contributed by atoms with E-state index in [0.29, 0.717) is 16.2 Å². The molecule has 1 aliphatic carbocycles. The van der Waals surface area contributed by atoms with Gasteiger partial charge >= 0.3 is 0 Å². The van der Waals surface area contributed by atoms with Gasteiger partial charge in [-0.25, -0.2) is 0 Å². The number of nitrogens with one attached hydrogen (secondary N) is 2. The molecule has 1 aliphatic rings. The number of hydrogen-bond donors (Lipinski definition) is 2. The molecule has 0 unspecified atom stereocenters. The first kappa shape index (κ1) is 16.4. The molecule has 0 heterocycles. The fourth-order valence-corrected chi connectivity index (χ4v) is 3.17. The maximum atomic E-state index is 6.03. The molecule has 21 heavy (non-hydrogen) atoms. The minimum Gasteiger partial charge on any atom is -0.495 e. The Morgan fingerprint density at radius 1 is 1.19 bits per heavy atom. The van der Waals surface area contributed by atoms with E-state index in [2.05, 4.69) is 10.6 Å². The third kappa shape index (κ3) is 5.36. The number of rotatable bonds is 3. The van der Waals surface area contributed by atoms with Gasteiger partial charge in [0.05, 0.1) is 12.8 Å². The van der Waals surface area contributed by atoms with Crippen molar-refractivity contribution in [3.05, 3.63) is 23.2 Å². The second-order valence-corrected chi connectivity index (χ2v) is 6.33. The largest absolute Gasteiger partial charge is 0.495 e. The Kier molecular flexibility index (Phi) is 6.58. The fourth-order valence-electron chi connectivity index (χ4n) is 2.72. The van der Waals surface area contributed by atoms with Gasteiger partial charge in [0.15, 0.2) is 5.11 Å². The zero-order valence-corrected chi connectivity index (χ0v) is 14.0. The molecular formula is C16H23ClN2OS. The Bertz CT molecular complexity index is 473. The summed E-state index contributed by atoms with van der Waals surface area (Å²) in [7, 11) is 1.64. The lowest BCUT2D eigenvalue weighted by Gasteiger charge is -2.23. The molecule has 1 saturated carbocycles. The first-order valence-corrected chi connectivity index (χ1v) is 8.38. The summed E-state index contributed by atoms with van der Waals surface area (Å²) in [5.41, 5.74) is 0.799. The average Bonchev–Trinajstić information content (AvgIpc) is 2.42. The van der Waals surface area contributed by atoms with Crippen LogP contribution >= 0.6 is 23.8 Å². The normalized spacial score (nSPS) is 16.7. The number of halogens is 1. The number of benzene rings is 1. The molecule has 0 atom stereocenters. The van der Waals surface area contributed by atoms with Gasteiger partial charge < -0.3 is 15.4 Å². The van der Waals surface area contributed by atoms with Gasteiger partial charge in [-0.15, -0.1) is 0 Å². The standard InChI is InChI=1S/C16H23ClN2OS/c1-20-15-10-9-12(17)11-14(15)19-16(21)18-13-7-5-3-2-4-6-8-13/h9-11,13H,2-8H2,1H3,(H2,18,19,21). The van der Waals surface area contributed by atoms with Crippen LogP contribution in [0.1, 0.15) is 44.9 Å². The van der Waals surface area contributed by atoms with Crippen LogP contribution in [0, 0.1) is 0 Å². The van der Waals surface area contributed by atoms with Gasteiger partial charge in [0.1, 0.15) is 5.75 Å². The van der Waals surface area contributed by atoms with Crippen molar-refractivity contribution in [3.63, 3.8) is 0 Å². The zero-order chi connectivity index (χ0) is 15.1. The van der Waals surface area contributed by atoms with Crippen molar-refractivity contribution in [2.24, 2.45) is 0 Å². The van der Waals surface area contributed by atoms with Crippen LogP contribution in [0.5, 0.6) is 5.75 Å². The summed E-state index contributed by atoms with van der Waals surface area (Å²) in [4.78, 5) is 0. The molecule has 1 aromatic rings. The highest BCUT2D eigenvalue weighted by atomic mass is 35.5. The maximum Gasteiger partial charge on any atom is 0.171 e. The summed E-state index contributed by atoms with van der Waals surface area (Å²) in [6.07, 6.45) is 8.97. The smallest absolute Gasteiger partial charge is 0.171 e. The summed E-state index contributed by atoms with van der Waals surface area (Å²) >= 11 is 11.5. The number of methoxy groups -OCH3 is 1. The highest BCUT2D eigenvalue weighted by Gasteiger charge is 2.13. The SMILES string of the molecule is COc1ccc(Cl)cc1NC(=S)NC1CCCCCCC1. The van der Waals surface area contributed by atoms with E-state index in [1.54, 1.807) is 13.2 Å². The molecule has 1 aromatic carbocycles. The van der Waals surface area contributed by atoms with Crippen LogP contribution < -0.4 is 15.4 Å². The van der Waals surface area contributed by atoms with Crippen molar-refractivity contribution in [3.8, 4) is 5.75 Å². The van der Waals surface area contributed by atoms with Crippen molar-refractivity contribution in [1.29, 1.82) is 0 Å². The Labute approximate surface area is 137 Å². The molecule has 2 N–H and O–H groups in total. The second-order valence-electron chi connectivity index (χ2n) is 5.49. The number of hydrogen-bond acceptors (Lipinski definition) is 2. The molecule has 3 nitrogen and oxygen atoms in total. The minimum atomic E-state index is 0.468. The van der Waals surface area contributed by atoms with Gasteiger partial charge in [-0.05, 0) is 43.3 Å².